The second-order valence-electron chi connectivity index (χ2n) is 5.54. The number of nitrogens with one attached hydrogen (secondary N) is 1. The van der Waals surface area contributed by atoms with Gasteiger partial charge in [-0.25, -0.2) is 0 Å². The van der Waals surface area contributed by atoms with Gasteiger partial charge in [-0.3, -0.25) is 4.79 Å². The molecule has 1 aliphatic carbocycles. The van der Waals surface area contributed by atoms with Crippen LogP contribution < -0.4 is 5.32 Å². The Balaban J connectivity index is 2.00. The van der Waals surface area contributed by atoms with Crippen LogP contribution in [0.5, 0.6) is 0 Å². The molecule has 19 heavy (non-hydrogen) atoms. The summed E-state index contributed by atoms with van der Waals surface area (Å²) >= 11 is 0. The van der Waals surface area contributed by atoms with E-state index in [2.05, 4.69) is 37.4 Å². The van der Waals surface area contributed by atoms with Gasteiger partial charge < -0.3 is 10.1 Å². The molecule has 0 bridgehead atoms. The van der Waals surface area contributed by atoms with Crippen molar-refractivity contribution in [3.05, 3.63) is 34.9 Å². The third kappa shape index (κ3) is 4.35. The van der Waals surface area contributed by atoms with Gasteiger partial charge in [0.1, 0.15) is 0 Å². The second-order valence-corrected chi connectivity index (χ2v) is 5.54. The average molecular weight is 261 g/mol. The molecule has 1 fully saturated rings. The maximum absolute atomic E-state index is 11.5. The first-order chi connectivity index (χ1) is 9.08. The number of carbonyl (C=O) groups is 1. The summed E-state index contributed by atoms with van der Waals surface area (Å²) in [5, 5.41) is 3.54. The molecule has 1 aromatic carbocycles. The van der Waals surface area contributed by atoms with Gasteiger partial charge in [-0.1, -0.05) is 18.2 Å². The molecule has 0 spiro atoms. The standard InChI is InChI=1S/C16H23NO2/c1-11-4-5-13(8-12(11)2)9-15(10-16(18)19-3)17-14-6-7-14/h4-5,8,14-15,17H,6-7,9-10H2,1-3H3. The van der Waals surface area contributed by atoms with Crippen LogP contribution in [0.4, 0.5) is 0 Å². The van der Waals surface area contributed by atoms with Gasteiger partial charge in [-0.2, -0.15) is 0 Å². The zero-order chi connectivity index (χ0) is 13.8. The molecule has 3 heteroatoms. The van der Waals surface area contributed by atoms with E-state index in [1.807, 2.05) is 0 Å². The number of carbonyl (C=O) groups excluding carboxylic acids is 1. The van der Waals surface area contributed by atoms with Crippen molar-refractivity contribution >= 4 is 5.97 Å². The molecule has 1 aliphatic rings. The van der Waals surface area contributed by atoms with Crippen molar-refractivity contribution in [1.82, 2.24) is 5.32 Å². The Bertz CT molecular complexity index is 452. The molecule has 1 aromatic rings. The summed E-state index contributed by atoms with van der Waals surface area (Å²) in [4.78, 5) is 11.5. The molecule has 0 aliphatic heterocycles. The summed E-state index contributed by atoms with van der Waals surface area (Å²) in [6.07, 6.45) is 3.78. The molecular weight excluding hydrogens is 238 g/mol. The molecule has 2 rings (SSSR count). The molecule has 1 saturated carbocycles. The number of esters is 1. The van der Waals surface area contributed by atoms with Crippen molar-refractivity contribution in [3.8, 4) is 0 Å². The Labute approximate surface area is 115 Å². The Morgan fingerprint density at radius 2 is 2.11 bits per heavy atom. The van der Waals surface area contributed by atoms with Gasteiger partial charge in [-0.15, -0.1) is 0 Å². The van der Waals surface area contributed by atoms with Gasteiger partial charge in [-0.05, 0) is 49.8 Å². The lowest BCUT2D eigenvalue weighted by atomic mass is 9.99. The van der Waals surface area contributed by atoms with Crippen LogP contribution in [0, 0.1) is 13.8 Å². The largest absolute Gasteiger partial charge is 0.469 e. The fourth-order valence-corrected chi connectivity index (χ4v) is 2.27. The Morgan fingerprint density at radius 3 is 2.68 bits per heavy atom. The lowest BCUT2D eigenvalue weighted by Gasteiger charge is -2.18. The highest BCUT2D eigenvalue weighted by Gasteiger charge is 2.26. The van der Waals surface area contributed by atoms with Crippen LogP contribution in [0.25, 0.3) is 0 Å². The minimum absolute atomic E-state index is 0.137. The summed E-state index contributed by atoms with van der Waals surface area (Å²) in [7, 11) is 1.45. The number of benzene rings is 1. The third-order valence-electron chi connectivity index (χ3n) is 3.74. The minimum Gasteiger partial charge on any atom is -0.469 e. The number of ether oxygens (including phenoxy) is 1. The number of rotatable bonds is 6. The van der Waals surface area contributed by atoms with Crippen LogP contribution >= 0.6 is 0 Å². The lowest BCUT2D eigenvalue weighted by Crippen LogP contribution is -2.35. The molecule has 1 atom stereocenters. The van der Waals surface area contributed by atoms with Crippen molar-refractivity contribution in [2.24, 2.45) is 0 Å². The van der Waals surface area contributed by atoms with Crippen LogP contribution in [0.15, 0.2) is 18.2 Å². The highest BCUT2D eigenvalue weighted by Crippen LogP contribution is 2.21. The van der Waals surface area contributed by atoms with Crippen LogP contribution in [-0.2, 0) is 16.0 Å². The van der Waals surface area contributed by atoms with Crippen molar-refractivity contribution in [1.29, 1.82) is 0 Å². The van der Waals surface area contributed by atoms with E-state index in [9.17, 15) is 4.79 Å². The summed E-state index contributed by atoms with van der Waals surface area (Å²) in [5.41, 5.74) is 3.90. The zero-order valence-corrected chi connectivity index (χ0v) is 12.0. The van der Waals surface area contributed by atoms with Gasteiger partial charge in [0.05, 0.1) is 13.5 Å². The van der Waals surface area contributed by atoms with E-state index in [1.165, 1.54) is 36.6 Å². The fraction of sp³-hybridized carbons (Fsp3) is 0.562. The average Bonchev–Trinajstić information content (AvgIpc) is 3.17. The highest BCUT2D eigenvalue weighted by atomic mass is 16.5. The monoisotopic (exact) mass is 261 g/mol. The number of aryl methyl sites for hydroxylation is 2. The van der Waals surface area contributed by atoms with Crippen LogP contribution in [0.2, 0.25) is 0 Å². The molecule has 0 aromatic heterocycles. The van der Waals surface area contributed by atoms with Crippen LogP contribution in [-0.4, -0.2) is 25.2 Å². The summed E-state index contributed by atoms with van der Waals surface area (Å²) in [6, 6.07) is 7.30. The van der Waals surface area contributed by atoms with Gasteiger partial charge in [0.25, 0.3) is 0 Å². The zero-order valence-electron chi connectivity index (χ0n) is 12.0. The number of hydrogen-bond acceptors (Lipinski definition) is 3. The van der Waals surface area contributed by atoms with Crippen molar-refractivity contribution in [3.63, 3.8) is 0 Å². The van der Waals surface area contributed by atoms with Crippen LogP contribution in [0.3, 0.4) is 0 Å². The predicted octanol–water partition coefficient (Wildman–Crippen LogP) is 2.53. The molecule has 0 radical (unpaired) electrons. The molecule has 1 N–H and O–H groups in total. The molecule has 0 saturated heterocycles. The van der Waals surface area contributed by atoms with Gasteiger partial charge in [0, 0.05) is 12.1 Å². The van der Waals surface area contributed by atoms with Crippen molar-refractivity contribution in [2.75, 3.05) is 7.11 Å². The van der Waals surface area contributed by atoms with E-state index in [0.29, 0.717) is 12.5 Å². The molecule has 3 nitrogen and oxygen atoms in total. The summed E-state index contributed by atoms with van der Waals surface area (Å²) < 4.78 is 4.78. The molecule has 0 heterocycles. The SMILES string of the molecule is COC(=O)CC(Cc1ccc(C)c(C)c1)NC1CC1. The fourth-order valence-electron chi connectivity index (χ4n) is 2.27. The molecule has 104 valence electrons. The topological polar surface area (TPSA) is 38.3 Å². The summed E-state index contributed by atoms with van der Waals surface area (Å²) in [5.74, 6) is -0.137. The minimum atomic E-state index is -0.137. The first-order valence-corrected chi connectivity index (χ1v) is 6.97. The van der Waals surface area contributed by atoms with Crippen LogP contribution in [0.1, 0.15) is 36.0 Å². The lowest BCUT2D eigenvalue weighted by molar-refractivity contribution is -0.141. The summed E-state index contributed by atoms with van der Waals surface area (Å²) in [6.45, 7) is 4.25. The normalized spacial score (nSPS) is 16.2. The van der Waals surface area contributed by atoms with E-state index in [0.717, 1.165) is 6.42 Å². The quantitative estimate of drug-likeness (QED) is 0.800. The van der Waals surface area contributed by atoms with E-state index in [1.54, 1.807) is 0 Å². The second kappa shape index (κ2) is 6.20. The molecule has 0 amide bonds. The van der Waals surface area contributed by atoms with E-state index in [4.69, 9.17) is 4.74 Å². The highest BCUT2D eigenvalue weighted by molar-refractivity contribution is 5.70. The van der Waals surface area contributed by atoms with E-state index in [-0.39, 0.29) is 12.0 Å². The Kier molecular flexibility index (Phi) is 4.59. The maximum atomic E-state index is 11.5. The smallest absolute Gasteiger partial charge is 0.307 e. The van der Waals surface area contributed by atoms with Gasteiger partial charge >= 0.3 is 5.97 Å². The van der Waals surface area contributed by atoms with Gasteiger partial charge in [0.15, 0.2) is 0 Å². The molecular formula is C16H23NO2. The maximum Gasteiger partial charge on any atom is 0.307 e. The number of hydrogen-bond donors (Lipinski definition) is 1. The number of methoxy groups -OCH3 is 1. The van der Waals surface area contributed by atoms with Gasteiger partial charge in [0.2, 0.25) is 0 Å². The molecule has 1 unspecified atom stereocenters. The predicted molar refractivity (Wildman–Crippen MR) is 76.2 cm³/mol. The van der Waals surface area contributed by atoms with E-state index < -0.39 is 0 Å². The first kappa shape index (κ1) is 14.1. The van der Waals surface area contributed by atoms with Crippen molar-refractivity contribution < 1.29 is 9.53 Å². The Morgan fingerprint density at radius 1 is 1.37 bits per heavy atom. The van der Waals surface area contributed by atoms with Crippen molar-refractivity contribution in [2.45, 2.75) is 51.6 Å². The third-order valence-corrected chi connectivity index (χ3v) is 3.74. The Hall–Kier alpha value is -1.35. The van der Waals surface area contributed by atoms with E-state index >= 15 is 0 Å². The first-order valence-electron chi connectivity index (χ1n) is 6.97.